The van der Waals surface area contributed by atoms with E-state index >= 15 is 0 Å². The zero-order valence-corrected chi connectivity index (χ0v) is 23.7. The lowest BCUT2D eigenvalue weighted by Crippen LogP contribution is -2.53. The molecule has 3 N–H and O–H groups in total. The van der Waals surface area contributed by atoms with Gasteiger partial charge in [-0.05, 0) is 49.2 Å². The summed E-state index contributed by atoms with van der Waals surface area (Å²) in [5.74, 6) is -1.56. The summed E-state index contributed by atoms with van der Waals surface area (Å²) in [6.45, 7) is 0.500. The van der Waals surface area contributed by atoms with Gasteiger partial charge in [0.1, 0.15) is 24.2 Å². The van der Waals surface area contributed by atoms with Crippen LogP contribution in [-0.2, 0) is 16.1 Å². The van der Waals surface area contributed by atoms with Gasteiger partial charge < -0.3 is 35.1 Å². The van der Waals surface area contributed by atoms with E-state index in [1.54, 1.807) is 31.2 Å². The van der Waals surface area contributed by atoms with Crippen LogP contribution >= 0.6 is 0 Å². The molecule has 2 aliphatic heterocycles. The molecule has 0 radical (unpaired) electrons. The zero-order chi connectivity index (χ0) is 30.5. The van der Waals surface area contributed by atoms with Crippen molar-refractivity contribution in [1.29, 1.82) is 0 Å². The van der Waals surface area contributed by atoms with Crippen LogP contribution in [0.2, 0.25) is 0 Å². The average molecular weight is 595 g/mol. The van der Waals surface area contributed by atoms with Crippen molar-refractivity contribution < 1.29 is 37.4 Å². The van der Waals surface area contributed by atoms with Gasteiger partial charge in [-0.2, -0.15) is 0 Å². The Labute approximate surface area is 247 Å². The highest BCUT2D eigenvalue weighted by atomic mass is 19.2. The standard InChI is InChI=1S/C31H32F2N4O6/c1-37-25-11-9-21(15-29(38)34-16-18-5-3-4-6-26(18)41-2)43-28(25)17-42-27-12-8-19(13-22(27)30(37)39)35-31(40)36-20-7-10-23(32)24(33)14-20/h3-8,10,12-14,21,25,28H,9,11,15-17H2,1-2H3,(H,34,38)(H2,35,36,40)/t21-,25-,28-/m0/s1. The van der Waals surface area contributed by atoms with Gasteiger partial charge in [-0.1, -0.05) is 18.2 Å². The van der Waals surface area contributed by atoms with E-state index in [9.17, 15) is 23.2 Å². The highest BCUT2D eigenvalue weighted by molar-refractivity contribution is 6.02. The Morgan fingerprint density at radius 1 is 1.00 bits per heavy atom. The van der Waals surface area contributed by atoms with Crippen molar-refractivity contribution in [3.05, 3.63) is 83.4 Å². The number of carbonyl (C=O) groups excluding carboxylic acids is 3. The van der Waals surface area contributed by atoms with Crippen LogP contribution in [-0.4, -0.2) is 61.8 Å². The molecule has 4 amide bonds. The molecule has 3 atom stereocenters. The normalized spacial score (nSPS) is 19.6. The van der Waals surface area contributed by atoms with E-state index in [0.717, 1.165) is 17.7 Å². The summed E-state index contributed by atoms with van der Waals surface area (Å²) in [5, 5.41) is 7.93. The number of amides is 4. The molecule has 0 saturated carbocycles. The van der Waals surface area contributed by atoms with Crippen molar-refractivity contribution in [3.63, 3.8) is 0 Å². The summed E-state index contributed by atoms with van der Waals surface area (Å²) < 4.78 is 44.2. The molecule has 0 aliphatic carbocycles. The third-order valence-corrected chi connectivity index (χ3v) is 7.53. The maximum Gasteiger partial charge on any atom is 0.323 e. The third-order valence-electron chi connectivity index (χ3n) is 7.53. The minimum absolute atomic E-state index is 0.0670. The second-order valence-electron chi connectivity index (χ2n) is 10.4. The molecular formula is C31H32F2N4O6. The maximum absolute atomic E-state index is 13.5. The number of nitrogens with zero attached hydrogens (tertiary/aromatic N) is 1. The zero-order valence-electron chi connectivity index (χ0n) is 23.7. The van der Waals surface area contributed by atoms with E-state index < -0.39 is 23.8 Å². The van der Waals surface area contributed by atoms with Crippen LogP contribution in [0.1, 0.15) is 35.2 Å². The fourth-order valence-electron chi connectivity index (χ4n) is 5.29. The lowest BCUT2D eigenvalue weighted by atomic mass is 9.94. The number of methoxy groups -OCH3 is 1. The number of carbonyl (C=O) groups is 3. The molecule has 2 aliphatic rings. The molecule has 10 nitrogen and oxygen atoms in total. The number of anilines is 2. The number of halogens is 2. The minimum Gasteiger partial charge on any atom is -0.496 e. The molecule has 0 aromatic heterocycles. The average Bonchev–Trinajstić information content (AvgIpc) is 3.00. The fraction of sp³-hybridized carbons (Fsp3) is 0.323. The molecule has 1 saturated heterocycles. The van der Waals surface area contributed by atoms with Gasteiger partial charge >= 0.3 is 6.03 Å². The van der Waals surface area contributed by atoms with Crippen LogP contribution in [0.15, 0.2) is 60.7 Å². The number of rotatable bonds is 7. The van der Waals surface area contributed by atoms with E-state index in [4.69, 9.17) is 14.2 Å². The highest BCUT2D eigenvalue weighted by Crippen LogP contribution is 2.32. The van der Waals surface area contributed by atoms with Gasteiger partial charge in [0.25, 0.3) is 5.91 Å². The lowest BCUT2D eigenvalue weighted by molar-refractivity contribution is -0.134. The van der Waals surface area contributed by atoms with Crippen molar-refractivity contribution in [1.82, 2.24) is 10.2 Å². The van der Waals surface area contributed by atoms with Crippen LogP contribution in [0.3, 0.4) is 0 Å². The van der Waals surface area contributed by atoms with Crippen molar-refractivity contribution in [2.45, 2.75) is 44.1 Å². The van der Waals surface area contributed by atoms with Gasteiger partial charge in [-0.15, -0.1) is 0 Å². The Kier molecular flexibility index (Phi) is 9.05. The first-order valence-electron chi connectivity index (χ1n) is 13.8. The van der Waals surface area contributed by atoms with Gasteiger partial charge in [0, 0.05) is 36.6 Å². The number of likely N-dealkylation sites (N-methyl/N-ethyl adjacent to an activating group) is 1. The van der Waals surface area contributed by atoms with Crippen LogP contribution in [0.25, 0.3) is 0 Å². The first-order chi connectivity index (χ1) is 20.7. The topological polar surface area (TPSA) is 118 Å². The molecule has 3 aromatic rings. The number of hydrogen-bond donors (Lipinski definition) is 3. The predicted molar refractivity (Wildman–Crippen MR) is 154 cm³/mol. The summed E-state index contributed by atoms with van der Waals surface area (Å²) in [4.78, 5) is 40.2. The predicted octanol–water partition coefficient (Wildman–Crippen LogP) is 4.70. The van der Waals surface area contributed by atoms with E-state index in [1.165, 1.54) is 12.1 Å². The Morgan fingerprint density at radius 3 is 2.51 bits per heavy atom. The van der Waals surface area contributed by atoms with Crippen molar-refractivity contribution >= 4 is 29.2 Å². The Hall–Kier alpha value is -4.71. The van der Waals surface area contributed by atoms with E-state index in [-0.39, 0.29) is 48.2 Å². The number of ether oxygens (including phenoxy) is 3. The SMILES string of the molecule is COc1ccccc1CNC(=O)C[C@@H]1CC[C@H]2[C@H](COc3ccc(NC(=O)Nc4ccc(F)c(F)c4)cc3C(=O)N2C)O1. The summed E-state index contributed by atoms with van der Waals surface area (Å²) in [5.41, 5.74) is 1.50. The van der Waals surface area contributed by atoms with Crippen LogP contribution in [0.5, 0.6) is 11.5 Å². The molecule has 1 fully saturated rings. The van der Waals surface area contributed by atoms with Crippen molar-refractivity contribution in [2.75, 3.05) is 31.4 Å². The largest absolute Gasteiger partial charge is 0.496 e. The van der Waals surface area contributed by atoms with Gasteiger partial charge in [0.2, 0.25) is 5.91 Å². The van der Waals surface area contributed by atoms with Crippen molar-refractivity contribution in [3.8, 4) is 11.5 Å². The number of hydrogen-bond acceptors (Lipinski definition) is 6. The third kappa shape index (κ3) is 7.03. The molecule has 2 heterocycles. The second-order valence-corrected chi connectivity index (χ2v) is 10.4. The maximum atomic E-state index is 13.5. The Bertz CT molecular complexity index is 1520. The number of fused-ring (bicyclic) bond motifs is 2. The molecule has 226 valence electrons. The summed E-state index contributed by atoms with van der Waals surface area (Å²) >= 11 is 0. The Balaban J connectivity index is 1.19. The molecule has 0 spiro atoms. The number of para-hydroxylation sites is 1. The lowest BCUT2D eigenvalue weighted by Gasteiger charge is -2.42. The number of benzene rings is 3. The quantitative estimate of drug-likeness (QED) is 0.365. The first-order valence-corrected chi connectivity index (χ1v) is 13.8. The second kappa shape index (κ2) is 13.1. The van der Waals surface area contributed by atoms with E-state index in [2.05, 4.69) is 16.0 Å². The molecule has 5 rings (SSSR count). The number of urea groups is 1. The molecule has 0 bridgehead atoms. The Morgan fingerprint density at radius 2 is 1.74 bits per heavy atom. The summed E-state index contributed by atoms with van der Waals surface area (Å²) in [7, 11) is 3.27. The fourth-order valence-corrected chi connectivity index (χ4v) is 5.29. The minimum atomic E-state index is -1.09. The van der Waals surface area contributed by atoms with Gasteiger partial charge in [-0.3, -0.25) is 9.59 Å². The first kappa shape index (κ1) is 29.8. The monoisotopic (exact) mass is 594 g/mol. The molecule has 12 heteroatoms. The molecule has 0 unspecified atom stereocenters. The van der Waals surface area contributed by atoms with Gasteiger partial charge in [0.15, 0.2) is 11.6 Å². The smallest absolute Gasteiger partial charge is 0.323 e. The van der Waals surface area contributed by atoms with Gasteiger partial charge in [-0.25, -0.2) is 13.6 Å². The summed E-state index contributed by atoms with van der Waals surface area (Å²) in [6.07, 6.45) is 0.602. The van der Waals surface area contributed by atoms with Gasteiger partial charge in [0.05, 0.1) is 31.2 Å². The van der Waals surface area contributed by atoms with Crippen LogP contribution in [0.4, 0.5) is 25.0 Å². The summed E-state index contributed by atoms with van der Waals surface area (Å²) in [6, 6.07) is 14.1. The number of nitrogens with one attached hydrogen (secondary N) is 3. The van der Waals surface area contributed by atoms with Crippen LogP contribution in [0, 0.1) is 11.6 Å². The van der Waals surface area contributed by atoms with E-state index in [0.29, 0.717) is 36.6 Å². The molecular weight excluding hydrogens is 562 g/mol. The van der Waals surface area contributed by atoms with Crippen molar-refractivity contribution in [2.24, 2.45) is 0 Å². The molecule has 43 heavy (non-hydrogen) atoms. The highest BCUT2D eigenvalue weighted by Gasteiger charge is 2.39. The molecule has 3 aromatic carbocycles. The van der Waals surface area contributed by atoms with Crippen LogP contribution < -0.4 is 25.4 Å². The van der Waals surface area contributed by atoms with E-state index in [1.807, 2.05) is 24.3 Å².